The van der Waals surface area contributed by atoms with Crippen LogP contribution in [-0.2, 0) is 0 Å². The molecule has 0 atom stereocenters. The summed E-state index contributed by atoms with van der Waals surface area (Å²) in [4.78, 5) is 13.8. The molecule has 4 rings (SSSR count). The van der Waals surface area contributed by atoms with Crippen molar-refractivity contribution in [2.24, 2.45) is 0 Å². The van der Waals surface area contributed by atoms with Crippen molar-refractivity contribution in [3.63, 3.8) is 0 Å². The van der Waals surface area contributed by atoms with Gasteiger partial charge in [-0.3, -0.25) is 4.90 Å². The summed E-state index contributed by atoms with van der Waals surface area (Å²) >= 11 is 0. The molecule has 0 amide bonds. The van der Waals surface area contributed by atoms with Crippen LogP contribution in [0.1, 0.15) is 6.92 Å². The van der Waals surface area contributed by atoms with Gasteiger partial charge in [0.1, 0.15) is 12.1 Å². The van der Waals surface area contributed by atoms with Gasteiger partial charge in [0.15, 0.2) is 5.65 Å². The molecule has 3 aromatic rings. The second-order valence-corrected chi connectivity index (χ2v) is 6.55. The third-order valence-electron chi connectivity index (χ3n) is 4.51. The van der Waals surface area contributed by atoms with Crippen LogP contribution in [-0.4, -0.2) is 57.4 Å². The number of nitrogens with zero attached hydrogens (tertiary/aromatic N) is 6. The lowest BCUT2D eigenvalue weighted by molar-refractivity contribution is 0.278. The first kappa shape index (κ1) is 15.8. The number of anilines is 1. The van der Waals surface area contributed by atoms with Crippen molar-refractivity contribution < 1.29 is 0 Å². The quantitative estimate of drug-likeness (QED) is 0.686. The van der Waals surface area contributed by atoms with Crippen LogP contribution in [0.25, 0.3) is 16.7 Å². The van der Waals surface area contributed by atoms with E-state index >= 15 is 0 Å². The third kappa shape index (κ3) is 3.13. The molecule has 1 aromatic carbocycles. The predicted octanol–water partition coefficient (Wildman–Crippen LogP) is 2.51. The summed E-state index contributed by atoms with van der Waals surface area (Å²) in [5, 5.41) is 5.54. The van der Waals surface area contributed by atoms with E-state index in [0.717, 1.165) is 55.3 Å². The fourth-order valence-corrected chi connectivity index (χ4v) is 3.34. The van der Waals surface area contributed by atoms with E-state index in [1.807, 2.05) is 41.2 Å². The maximum absolute atomic E-state index is 4.55. The van der Waals surface area contributed by atoms with Gasteiger partial charge in [-0.25, -0.2) is 14.6 Å². The van der Waals surface area contributed by atoms with Crippen molar-refractivity contribution in [3.8, 4) is 5.69 Å². The van der Waals surface area contributed by atoms with E-state index in [0.29, 0.717) is 0 Å². The minimum absolute atomic E-state index is 0.848. The van der Waals surface area contributed by atoms with Gasteiger partial charge >= 0.3 is 0 Å². The Bertz CT molecular complexity index is 877. The summed E-state index contributed by atoms with van der Waals surface area (Å²) in [6, 6.07) is 10.1. The molecule has 25 heavy (non-hydrogen) atoms. The lowest BCUT2D eigenvalue weighted by atomic mass is 10.2. The van der Waals surface area contributed by atoms with Gasteiger partial charge in [-0.05, 0) is 19.1 Å². The molecule has 1 fully saturated rings. The third-order valence-corrected chi connectivity index (χ3v) is 4.51. The Hall–Kier alpha value is -2.73. The smallest absolute Gasteiger partial charge is 0.168 e. The molecule has 0 spiro atoms. The molecule has 0 bridgehead atoms. The van der Waals surface area contributed by atoms with Crippen LogP contribution in [0.2, 0.25) is 0 Å². The summed E-state index contributed by atoms with van der Waals surface area (Å²) in [5.41, 5.74) is 3.07. The molecule has 6 nitrogen and oxygen atoms in total. The zero-order valence-electron chi connectivity index (χ0n) is 14.5. The zero-order chi connectivity index (χ0) is 17.2. The number of aromatic nitrogens is 4. The highest BCUT2D eigenvalue weighted by Gasteiger charge is 2.21. The molecule has 1 aliphatic heterocycles. The van der Waals surface area contributed by atoms with Gasteiger partial charge < -0.3 is 4.90 Å². The van der Waals surface area contributed by atoms with Crippen molar-refractivity contribution in [2.45, 2.75) is 6.92 Å². The van der Waals surface area contributed by atoms with Gasteiger partial charge in [0.2, 0.25) is 0 Å². The van der Waals surface area contributed by atoms with Crippen molar-refractivity contribution >= 4 is 16.9 Å². The number of hydrogen-bond donors (Lipinski definition) is 0. The number of para-hydroxylation sites is 1. The molecule has 1 aliphatic rings. The van der Waals surface area contributed by atoms with Gasteiger partial charge in [0.05, 0.1) is 17.3 Å². The van der Waals surface area contributed by atoms with E-state index in [-0.39, 0.29) is 0 Å². The number of rotatable bonds is 4. The molecule has 128 valence electrons. The number of hydrogen-bond acceptors (Lipinski definition) is 5. The molecule has 0 N–H and O–H groups in total. The summed E-state index contributed by atoms with van der Waals surface area (Å²) in [7, 11) is 0. The Morgan fingerprint density at radius 1 is 1.08 bits per heavy atom. The van der Waals surface area contributed by atoms with Crippen molar-refractivity contribution in [2.75, 3.05) is 37.6 Å². The lowest BCUT2D eigenvalue weighted by Gasteiger charge is -2.35. The van der Waals surface area contributed by atoms with Gasteiger partial charge in [-0.1, -0.05) is 30.4 Å². The van der Waals surface area contributed by atoms with Crippen molar-refractivity contribution in [1.29, 1.82) is 0 Å². The summed E-state index contributed by atoms with van der Waals surface area (Å²) in [6.45, 7) is 11.0. The van der Waals surface area contributed by atoms with E-state index < -0.39 is 0 Å². The van der Waals surface area contributed by atoms with Crippen molar-refractivity contribution in [3.05, 3.63) is 55.0 Å². The molecular weight excluding hydrogens is 312 g/mol. The average Bonchev–Trinajstić information content (AvgIpc) is 3.07. The topological polar surface area (TPSA) is 50.1 Å². The van der Waals surface area contributed by atoms with Gasteiger partial charge in [0.25, 0.3) is 0 Å². The van der Waals surface area contributed by atoms with Gasteiger partial charge in [-0.15, -0.1) is 0 Å². The van der Waals surface area contributed by atoms with Crippen LogP contribution >= 0.6 is 0 Å². The molecule has 3 heterocycles. The van der Waals surface area contributed by atoms with Crippen LogP contribution in [0.5, 0.6) is 0 Å². The van der Waals surface area contributed by atoms with Gasteiger partial charge in [-0.2, -0.15) is 5.10 Å². The Labute approximate surface area is 147 Å². The van der Waals surface area contributed by atoms with E-state index in [4.69, 9.17) is 0 Å². The standard InChI is InChI=1S/C19H22N6/c1-15(2)13-23-8-10-24(11-9-23)18-17-12-22-25(19(17)21-14-20-18)16-6-4-3-5-7-16/h3-7,12,14H,1,8-11,13H2,2H3. The number of benzene rings is 1. The minimum atomic E-state index is 0.848. The largest absolute Gasteiger partial charge is 0.353 e. The zero-order valence-corrected chi connectivity index (χ0v) is 14.5. The Balaban J connectivity index is 1.62. The highest BCUT2D eigenvalue weighted by atomic mass is 15.3. The predicted molar refractivity (Wildman–Crippen MR) is 100 cm³/mol. The van der Waals surface area contributed by atoms with Crippen LogP contribution in [0.3, 0.4) is 0 Å². The second-order valence-electron chi connectivity index (χ2n) is 6.55. The fraction of sp³-hybridized carbons (Fsp3) is 0.316. The Morgan fingerprint density at radius 2 is 1.84 bits per heavy atom. The molecule has 0 aliphatic carbocycles. The van der Waals surface area contributed by atoms with Crippen LogP contribution in [0.4, 0.5) is 5.82 Å². The van der Waals surface area contributed by atoms with E-state index in [1.54, 1.807) is 6.33 Å². The monoisotopic (exact) mass is 334 g/mol. The van der Waals surface area contributed by atoms with Crippen LogP contribution in [0.15, 0.2) is 55.0 Å². The maximum Gasteiger partial charge on any atom is 0.168 e. The summed E-state index contributed by atoms with van der Waals surface area (Å²) in [6.07, 6.45) is 3.51. The van der Waals surface area contributed by atoms with Crippen LogP contribution < -0.4 is 4.90 Å². The van der Waals surface area contributed by atoms with Crippen molar-refractivity contribution in [1.82, 2.24) is 24.6 Å². The highest BCUT2D eigenvalue weighted by molar-refractivity contribution is 5.87. The summed E-state index contributed by atoms with van der Waals surface area (Å²) < 4.78 is 1.87. The second kappa shape index (κ2) is 6.64. The molecule has 6 heteroatoms. The van der Waals surface area contributed by atoms with Gasteiger partial charge in [0, 0.05) is 32.7 Å². The average molecular weight is 334 g/mol. The van der Waals surface area contributed by atoms with E-state index in [9.17, 15) is 0 Å². The first-order chi connectivity index (χ1) is 12.2. The fourth-order valence-electron chi connectivity index (χ4n) is 3.34. The highest BCUT2D eigenvalue weighted by Crippen LogP contribution is 2.25. The Morgan fingerprint density at radius 3 is 2.56 bits per heavy atom. The van der Waals surface area contributed by atoms with Crippen LogP contribution in [0, 0.1) is 0 Å². The molecule has 0 radical (unpaired) electrons. The first-order valence-electron chi connectivity index (χ1n) is 8.58. The minimum Gasteiger partial charge on any atom is -0.353 e. The molecule has 0 unspecified atom stereocenters. The molecular formula is C19H22N6. The summed E-state index contributed by atoms with van der Waals surface area (Å²) in [5.74, 6) is 0.974. The lowest BCUT2D eigenvalue weighted by Crippen LogP contribution is -2.47. The Kier molecular flexibility index (Phi) is 4.19. The number of fused-ring (bicyclic) bond motifs is 1. The molecule has 1 saturated heterocycles. The van der Waals surface area contributed by atoms with E-state index in [2.05, 4.69) is 38.4 Å². The normalized spacial score (nSPS) is 15.6. The molecule has 2 aromatic heterocycles. The number of piperazine rings is 1. The SMILES string of the molecule is C=C(C)CN1CCN(c2ncnc3c2cnn3-c2ccccc2)CC1. The van der Waals surface area contributed by atoms with E-state index in [1.165, 1.54) is 5.57 Å². The molecule has 0 saturated carbocycles. The maximum atomic E-state index is 4.55. The first-order valence-corrected chi connectivity index (χ1v) is 8.58.